The van der Waals surface area contributed by atoms with Gasteiger partial charge in [0.2, 0.25) is 5.95 Å². The number of hydrogen-bond acceptors (Lipinski definition) is 8. The van der Waals surface area contributed by atoms with Crippen molar-refractivity contribution in [2.45, 2.75) is 12.3 Å². The average Bonchev–Trinajstić information content (AvgIpc) is 2.73. The number of hydrogen-bond donors (Lipinski definition) is 5. The Morgan fingerprint density at radius 1 is 1.47 bits per heavy atom. The fourth-order valence-electron chi connectivity index (χ4n) is 2.46. The molecule has 0 amide bonds. The molecule has 0 saturated carbocycles. The van der Waals surface area contributed by atoms with Gasteiger partial charge in [0.1, 0.15) is 11.9 Å². The van der Waals surface area contributed by atoms with Gasteiger partial charge in [0.05, 0.1) is 31.9 Å². The van der Waals surface area contributed by atoms with E-state index in [0.29, 0.717) is 18.2 Å². The van der Waals surface area contributed by atoms with Crippen LogP contribution in [0, 0.1) is 5.92 Å². The molecular formula is C10H15N5O4. The highest BCUT2D eigenvalue weighted by atomic mass is 16.6. The lowest BCUT2D eigenvalue weighted by atomic mass is 9.94. The van der Waals surface area contributed by atoms with Gasteiger partial charge < -0.3 is 30.9 Å². The molecule has 104 valence electrons. The van der Waals surface area contributed by atoms with E-state index in [9.17, 15) is 9.90 Å². The fraction of sp³-hybridized carbons (Fsp3) is 0.600. The zero-order valence-electron chi connectivity index (χ0n) is 10.0. The number of ether oxygens (including phenoxy) is 1. The van der Waals surface area contributed by atoms with Gasteiger partial charge in [0, 0.05) is 0 Å². The van der Waals surface area contributed by atoms with Crippen LogP contribution in [0.15, 0.2) is 4.79 Å². The Morgan fingerprint density at radius 3 is 2.95 bits per heavy atom. The van der Waals surface area contributed by atoms with Crippen LogP contribution in [0.4, 0.5) is 17.5 Å². The largest absolute Gasteiger partial charge is 0.396 e. The summed E-state index contributed by atoms with van der Waals surface area (Å²) in [5.74, 6) is 0.206. The van der Waals surface area contributed by atoms with E-state index in [0.717, 1.165) is 0 Å². The predicted molar refractivity (Wildman–Crippen MR) is 66.6 cm³/mol. The highest BCUT2D eigenvalue weighted by molar-refractivity contribution is 5.71. The molecule has 6 N–H and O–H groups in total. The van der Waals surface area contributed by atoms with Gasteiger partial charge in [-0.05, 0) is 0 Å². The quantitative estimate of drug-likeness (QED) is 0.419. The molecule has 0 spiro atoms. The lowest BCUT2D eigenvalue weighted by Crippen LogP contribution is -2.60. The van der Waals surface area contributed by atoms with Crippen molar-refractivity contribution in [3.8, 4) is 0 Å². The Labute approximate surface area is 108 Å². The smallest absolute Gasteiger partial charge is 0.277 e. The van der Waals surface area contributed by atoms with Crippen LogP contribution in [0.3, 0.4) is 0 Å². The number of aliphatic hydroxyl groups excluding tert-OH is 2. The van der Waals surface area contributed by atoms with Gasteiger partial charge in [-0.1, -0.05) is 0 Å². The Hall–Kier alpha value is -1.84. The number of nitrogens with one attached hydrogen (secondary N) is 2. The molecule has 9 nitrogen and oxygen atoms in total. The molecule has 9 heteroatoms. The van der Waals surface area contributed by atoms with Crippen LogP contribution in [0.25, 0.3) is 0 Å². The number of nitrogens with two attached hydrogens (primary N) is 1. The molecular weight excluding hydrogens is 254 g/mol. The molecule has 1 aromatic heterocycles. The minimum Gasteiger partial charge on any atom is -0.396 e. The highest BCUT2D eigenvalue weighted by Crippen LogP contribution is 2.37. The Balaban J connectivity index is 1.89. The van der Waals surface area contributed by atoms with Crippen molar-refractivity contribution in [1.29, 1.82) is 0 Å². The minimum absolute atomic E-state index is 0.0241. The zero-order chi connectivity index (χ0) is 13.6. The molecule has 1 aromatic rings. The van der Waals surface area contributed by atoms with Crippen LogP contribution < -0.4 is 21.5 Å². The van der Waals surface area contributed by atoms with Gasteiger partial charge in [0.25, 0.3) is 5.56 Å². The number of nitrogen functional groups attached to an aromatic ring is 1. The zero-order valence-corrected chi connectivity index (χ0v) is 10.0. The molecule has 0 radical (unpaired) electrons. The summed E-state index contributed by atoms with van der Waals surface area (Å²) in [5, 5.41) is 21.3. The summed E-state index contributed by atoms with van der Waals surface area (Å²) in [7, 11) is 0. The van der Waals surface area contributed by atoms with Crippen molar-refractivity contribution in [1.82, 2.24) is 9.97 Å². The summed E-state index contributed by atoms with van der Waals surface area (Å²) in [5.41, 5.74) is 5.51. The monoisotopic (exact) mass is 269 g/mol. The maximum Gasteiger partial charge on any atom is 0.277 e. The molecule has 0 aromatic carbocycles. The molecule has 1 fully saturated rings. The van der Waals surface area contributed by atoms with E-state index in [1.54, 1.807) is 4.90 Å². The van der Waals surface area contributed by atoms with Gasteiger partial charge in [-0.15, -0.1) is 0 Å². The van der Waals surface area contributed by atoms with E-state index in [1.807, 2.05) is 0 Å². The molecule has 2 aliphatic heterocycles. The first-order valence-electron chi connectivity index (χ1n) is 5.93. The van der Waals surface area contributed by atoms with E-state index < -0.39 is 12.3 Å². The van der Waals surface area contributed by atoms with Crippen LogP contribution in [0.5, 0.6) is 0 Å². The van der Waals surface area contributed by atoms with E-state index in [4.69, 9.17) is 15.6 Å². The number of aromatic nitrogens is 2. The van der Waals surface area contributed by atoms with Gasteiger partial charge in [-0.3, -0.25) is 9.78 Å². The van der Waals surface area contributed by atoms with Crippen LogP contribution >= 0.6 is 0 Å². The molecule has 0 bridgehead atoms. The summed E-state index contributed by atoms with van der Waals surface area (Å²) in [6.07, 6.45) is -0.817. The fourth-order valence-corrected chi connectivity index (χ4v) is 2.46. The Morgan fingerprint density at radius 2 is 2.26 bits per heavy atom. The predicted octanol–water partition coefficient (Wildman–Crippen LogP) is -2.13. The van der Waals surface area contributed by atoms with E-state index in [-0.39, 0.29) is 30.6 Å². The topological polar surface area (TPSA) is 137 Å². The summed E-state index contributed by atoms with van der Waals surface area (Å²) in [6.45, 7) is 0.0787. The number of H-pyrrole nitrogens is 1. The molecule has 19 heavy (non-hydrogen) atoms. The second-order valence-corrected chi connectivity index (χ2v) is 4.55. The molecule has 3 atom stereocenters. The van der Waals surface area contributed by atoms with Crippen molar-refractivity contribution >= 4 is 17.5 Å². The number of anilines is 3. The van der Waals surface area contributed by atoms with E-state index in [1.165, 1.54) is 0 Å². The number of rotatable bonds is 3. The lowest BCUT2D eigenvalue weighted by Gasteiger charge is -2.47. The summed E-state index contributed by atoms with van der Waals surface area (Å²) in [4.78, 5) is 19.9. The minimum atomic E-state index is -0.426. The second kappa shape index (κ2) is 4.37. The van der Waals surface area contributed by atoms with Crippen LogP contribution in [-0.4, -0.2) is 52.4 Å². The molecule has 1 saturated heterocycles. The van der Waals surface area contributed by atoms with Crippen LogP contribution in [-0.2, 0) is 4.74 Å². The third-order valence-electron chi connectivity index (χ3n) is 3.47. The normalized spacial score (nSPS) is 28.7. The SMILES string of the molecule is Nc1nc2c(c(=O)[nH]1)NCN2[C@@H]1O[C@H](CO)[C@H]1CO. The first-order chi connectivity index (χ1) is 9.15. The average molecular weight is 269 g/mol. The lowest BCUT2D eigenvalue weighted by molar-refractivity contribution is -0.208. The second-order valence-electron chi connectivity index (χ2n) is 4.55. The summed E-state index contributed by atoms with van der Waals surface area (Å²) < 4.78 is 5.50. The number of aromatic amines is 1. The Bertz CT molecular complexity index is 547. The van der Waals surface area contributed by atoms with Gasteiger partial charge in [-0.25, -0.2) is 0 Å². The number of nitrogens with zero attached hydrogens (tertiary/aromatic N) is 2. The summed E-state index contributed by atoms with van der Waals surface area (Å²) >= 11 is 0. The number of aliphatic hydroxyl groups is 2. The third-order valence-corrected chi connectivity index (χ3v) is 3.47. The van der Waals surface area contributed by atoms with E-state index in [2.05, 4.69) is 15.3 Å². The summed E-state index contributed by atoms with van der Waals surface area (Å²) in [6, 6.07) is 0. The van der Waals surface area contributed by atoms with E-state index >= 15 is 0 Å². The molecule has 0 aliphatic carbocycles. The van der Waals surface area contributed by atoms with Gasteiger partial charge in [-0.2, -0.15) is 4.98 Å². The van der Waals surface area contributed by atoms with Gasteiger partial charge >= 0.3 is 0 Å². The van der Waals surface area contributed by atoms with Crippen molar-refractivity contribution in [2.75, 3.05) is 35.8 Å². The van der Waals surface area contributed by atoms with Crippen molar-refractivity contribution < 1.29 is 14.9 Å². The number of fused-ring (bicyclic) bond motifs is 1. The molecule has 3 heterocycles. The van der Waals surface area contributed by atoms with Crippen molar-refractivity contribution in [2.24, 2.45) is 5.92 Å². The first-order valence-corrected chi connectivity index (χ1v) is 5.93. The molecule has 0 unspecified atom stereocenters. The van der Waals surface area contributed by atoms with Crippen LogP contribution in [0.2, 0.25) is 0 Å². The van der Waals surface area contributed by atoms with Crippen LogP contribution in [0.1, 0.15) is 0 Å². The molecule has 2 aliphatic rings. The standard InChI is InChI=1S/C10H15N5O4/c11-10-13-7-6(8(18)14-10)12-3-15(7)9-4(1-16)5(2-17)19-9/h4-5,9,12,16-17H,1-3H2,(H3,11,13,14,18)/t4-,5-,9-/m1/s1. The third kappa shape index (κ3) is 1.74. The maximum atomic E-state index is 11.7. The first kappa shape index (κ1) is 12.2. The highest BCUT2D eigenvalue weighted by Gasteiger charge is 2.47. The van der Waals surface area contributed by atoms with Crippen molar-refractivity contribution in [3.63, 3.8) is 0 Å². The van der Waals surface area contributed by atoms with Gasteiger partial charge in [0.15, 0.2) is 5.82 Å². The van der Waals surface area contributed by atoms with Crippen molar-refractivity contribution in [3.05, 3.63) is 10.4 Å². The Kier molecular flexibility index (Phi) is 2.81. The maximum absolute atomic E-state index is 11.7. The molecule has 3 rings (SSSR count).